The number of nitro groups is 1. The highest BCUT2D eigenvalue weighted by atomic mass is 79.9. The van der Waals surface area contributed by atoms with Gasteiger partial charge in [-0.25, -0.2) is 0 Å². The van der Waals surface area contributed by atoms with Gasteiger partial charge in [0, 0.05) is 26.8 Å². The largest absolute Gasteiger partial charge is 0.383 e. The van der Waals surface area contributed by atoms with Crippen molar-refractivity contribution in [3.8, 4) is 0 Å². The first-order valence-electron chi connectivity index (χ1n) is 6.01. The third-order valence-electron chi connectivity index (χ3n) is 2.83. The molecule has 0 aliphatic heterocycles. The molecule has 1 aromatic rings. The molecule has 1 unspecified atom stereocenters. The zero-order valence-corrected chi connectivity index (χ0v) is 13.2. The number of hydrogen-bond donors (Lipinski definition) is 0. The number of amides is 1. The number of benzene rings is 1. The van der Waals surface area contributed by atoms with Crippen LogP contribution >= 0.6 is 15.9 Å². The number of carbonyl (C=O) groups is 1. The Kier molecular flexibility index (Phi) is 6.09. The SMILES string of the molecule is COCC(Br)CN(C)C(=O)c1c(C)cccc1[N+](=O)[O-]. The van der Waals surface area contributed by atoms with Crippen LogP contribution in [-0.4, -0.2) is 47.9 Å². The lowest BCUT2D eigenvalue weighted by molar-refractivity contribution is -0.385. The fraction of sp³-hybridized carbons (Fsp3) is 0.462. The predicted molar refractivity (Wildman–Crippen MR) is 79.4 cm³/mol. The Bertz CT molecular complexity index is 507. The molecule has 0 radical (unpaired) electrons. The summed E-state index contributed by atoms with van der Waals surface area (Å²) in [5.74, 6) is -0.365. The highest BCUT2D eigenvalue weighted by molar-refractivity contribution is 9.09. The van der Waals surface area contributed by atoms with Crippen LogP contribution in [-0.2, 0) is 4.74 Å². The van der Waals surface area contributed by atoms with E-state index in [-0.39, 0.29) is 22.0 Å². The fourth-order valence-corrected chi connectivity index (χ4v) is 2.59. The summed E-state index contributed by atoms with van der Waals surface area (Å²) in [6.07, 6.45) is 0. The molecule has 7 heteroatoms. The third-order valence-corrected chi connectivity index (χ3v) is 3.38. The Morgan fingerprint density at radius 3 is 2.75 bits per heavy atom. The molecular formula is C13H17BrN2O4. The van der Waals surface area contributed by atoms with E-state index in [4.69, 9.17) is 4.74 Å². The summed E-state index contributed by atoms with van der Waals surface area (Å²) in [5.41, 5.74) is 0.561. The van der Waals surface area contributed by atoms with Crippen molar-refractivity contribution in [3.63, 3.8) is 0 Å². The van der Waals surface area contributed by atoms with Crippen LogP contribution in [0.4, 0.5) is 5.69 Å². The smallest absolute Gasteiger partial charge is 0.282 e. The maximum atomic E-state index is 12.4. The van der Waals surface area contributed by atoms with Crippen molar-refractivity contribution in [2.24, 2.45) is 0 Å². The van der Waals surface area contributed by atoms with Gasteiger partial charge in [-0.3, -0.25) is 14.9 Å². The van der Waals surface area contributed by atoms with Crippen molar-refractivity contribution in [3.05, 3.63) is 39.4 Å². The van der Waals surface area contributed by atoms with Crippen molar-refractivity contribution in [1.82, 2.24) is 4.90 Å². The molecule has 6 nitrogen and oxygen atoms in total. The highest BCUT2D eigenvalue weighted by Gasteiger charge is 2.25. The van der Waals surface area contributed by atoms with E-state index >= 15 is 0 Å². The lowest BCUT2D eigenvalue weighted by atomic mass is 10.1. The molecule has 0 fully saturated rings. The first kappa shape index (κ1) is 16.6. The van der Waals surface area contributed by atoms with Crippen LogP contribution < -0.4 is 0 Å². The molecule has 0 saturated heterocycles. The van der Waals surface area contributed by atoms with Crippen LogP contribution in [0, 0.1) is 17.0 Å². The number of hydrogen-bond acceptors (Lipinski definition) is 4. The molecule has 0 aliphatic rings. The average molecular weight is 345 g/mol. The van der Waals surface area contributed by atoms with Gasteiger partial charge in [0.25, 0.3) is 11.6 Å². The van der Waals surface area contributed by atoms with E-state index in [0.29, 0.717) is 18.7 Å². The van der Waals surface area contributed by atoms with Crippen molar-refractivity contribution in [2.45, 2.75) is 11.8 Å². The summed E-state index contributed by atoms with van der Waals surface area (Å²) in [6, 6.07) is 4.60. The summed E-state index contributed by atoms with van der Waals surface area (Å²) >= 11 is 3.39. The number of ether oxygens (including phenoxy) is 1. The minimum Gasteiger partial charge on any atom is -0.383 e. The maximum Gasteiger partial charge on any atom is 0.282 e. The lowest BCUT2D eigenvalue weighted by Gasteiger charge is -2.21. The summed E-state index contributed by atoms with van der Waals surface area (Å²) in [5, 5.41) is 11.0. The highest BCUT2D eigenvalue weighted by Crippen LogP contribution is 2.23. The molecule has 0 N–H and O–H groups in total. The van der Waals surface area contributed by atoms with E-state index < -0.39 is 4.92 Å². The van der Waals surface area contributed by atoms with E-state index in [1.54, 1.807) is 33.2 Å². The fourth-order valence-electron chi connectivity index (χ4n) is 1.89. The summed E-state index contributed by atoms with van der Waals surface area (Å²) in [7, 11) is 3.19. The van der Waals surface area contributed by atoms with Crippen molar-refractivity contribution in [2.75, 3.05) is 27.3 Å². The van der Waals surface area contributed by atoms with Gasteiger partial charge in [0.15, 0.2) is 0 Å². The molecule has 0 bridgehead atoms. The molecule has 110 valence electrons. The van der Waals surface area contributed by atoms with Gasteiger partial charge in [0.05, 0.1) is 16.4 Å². The van der Waals surface area contributed by atoms with Gasteiger partial charge < -0.3 is 9.64 Å². The van der Waals surface area contributed by atoms with Crippen LogP contribution in [0.15, 0.2) is 18.2 Å². The minimum absolute atomic E-state index is 0.0236. The van der Waals surface area contributed by atoms with E-state index in [9.17, 15) is 14.9 Å². The molecule has 0 heterocycles. The van der Waals surface area contributed by atoms with Gasteiger partial charge in [0.1, 0.15) is 5.56 Å². The summed E-state index contributed by atoms with van der Waals surface area (Å²) in [6.45, 7) is 2.54. The zero-order valence-electron chi connectivity index (χ0n) is 11.6. The second-order valence-corrected chi connectivity index (χ2v) is 5.76. The van der Waals surface area contributed by atoms with E-state index in [1.807, 2.05) is 0 Å². The Hall–Kier alpha value is -1.47. The standard InChI is InChI=1S/C13H17BrN2O4/c1-9-5-4-6-11(16(18)19)12(9)13(17)15(2)7-10(14)8-20-3/h4-6,10H,7-8H2,1-3H3. The van der Waals surface area contributed by atoms with Crippen LogP contribution in [0.25, 0.3) is 0 Å². The number of halogens is 1. The number of nitro benzene ring substituents is 1. The van der Waals surface area contributed by atoms with Crippen molar-refractivity contribution < 1.29 is 14.5 Å². The van der Waals surface area contributed by atoms with Crippen LogP contribution in [0.3, 0.4) is 0 Å². The first-order chi connectivity index (χ1) is 9.38. The van der Waals surface area contributed by atoms with Crippen molar-refractivity contribution >= 4 is 27.5 Å². The minimum atomic E-state index is -0.533. The van der Waals surface area contributed by atoms with Gasteiger partial charge in [0.2, 0.25) is 0 Å². The number of alkyl halides is 1. The van der Waals surface area contributed by atoms with Gasteiger partial charge >= 0.3 is 0 Å². The molecule has 1 atom stereocenters. The lowest BCUT2D eigenvalue weighted by Crippen LogP contribution is -2.34. The summed E-state index contributed by atoms with van der Waals surface area (Å²) < 4.78 is 4.98. The van der Waals surface area contributed by atoms with Gasteiger partial charge in [-0.05, 0) is 12.5 Å². The van der Waals surface area contributed by atoms with E-state index in [1.165, 1.54) is 11.0 Å². The molecule has 0 spiro atoms. The zero-order chi connectivity index (χ0) is 15.3. The second-order valence-electron chi connectivity index (χ2n) is 4.46. The molecule has 0 aliphatic carbocycles. The maximum absolute atomic E-state index is 12.4. The molecule has 20 heavy (non-hydrogen) atoms. The quantitative estimate of drug-likeness (QED) is 0.451. The Labute approximate surface area is 126 Å². The molecule has 0 saturated carbocycles. The van der Waals surface area contributed by atoms with Gasteiger partial charge in [-0.15, -0.1) is 0 Å². The van der Waals surface area contributed by atoms with Crippen LogP contribution in [0.1, 0.15) is 15.9 Å². The third kappa shape index (κ3) is 4.01. The molecule has 1 aromatic carbocycles. The van der Waals surface area contributed by atoms with Crippen molar-refractivity contribution in [1.29, 1.82) is 0 Å². The molecule has 1 rings (SSSR count). The topological polar surface area (TPSA) is 72.7 Å². The Morgan fingerprint density at radius 1 is 1.55 bits per heavy atom. The Morgan fingerprint density at radius 2 is 2.20 bits per heavy atom. The average Bonchev–Trinajstić information content (AvgIpc) is 2.37. The molecular weight excluding hydrogens is 328 g/mol. The number of carbonyl (C=O) groups excluding carboxylic acids is 1. The number of aryl methyl sites for hydroxylation is 1. The van der Waals surface area contributed by atoms with Gasteiger partial charge in [-0.2, -0.15) is 0 Å². The van der Waals surface area contributed by atoms with Crippen LogP contribution in [0.2, 0.25) is 0 Å². The van der Waals surface area contributed by atoms with E-state index in [0.717, 1.165) is 0 Å². The monoisotopic (exact) mass is 344 g/mol. The first-order valence-corrected chi connectivity index (χ1v) is 6.92. The summed E-state index contributed by atoms with van der Waals surface area (Å²) in [4.78, 5) is 24.3. The van der Waals surface area contributed by atoms with Gasteiger partial charge in [-0.1, -0.05) is 28.1 Å². The molecule has 0 aromatic heterocycles. The molecule has 1 amide bonds. The Balaban J connectivity index is 3.00. The predicted octanol–water partition coefficient (Wildman–Crippen LogP) is 2.39. The van der Waals surface area contributed by atoms with Crippen LogP contribution in [0.5, 0.6) is 0 Å². The number of nitrogens with zero attached hydrogens (tertiary/aromatic N) is 2. The second kappa shape index (κ2) is 7.35. The number of rotatable bonds is 6. The van der Waals surface area contributed by atoms with E-state index in [2.05, 4.69) is 15.9 Å². The normalized spacial score (nSPS) is 12.0. The number of methoxy groups -OCH3 is 1.